The van der Waals surface area contributed by atoms with Crippen LogP contribution in [-0.4, -0.2) is 14.8 Å². The zero-order valence-corrected chi connectivity index (χ0v) is 16.1. The van der Waals surface area contributed by atoms with E-state index in [1.807, 2.05) is 36.4 Å². The lowest BCUT2D eigenvalue weighted by Crippen LogP contribution is -2.13. The Balaban J connectivity index is 1.71. The van der Waals surface area contributed by atoms with Gasteiger partial charge in [0.25, 0.3) is 0 Å². The SMILES string of the molecule is Cc1cc(C2Cc3nccc(-c4cnn(C)c4)c3O2)cc(C(C)(C)C)c1. The van der Waals surface area contributed by atoms with E-state index in [0.717, 1.165) is 29.0 Å². The van der Waals surface area contributed by atoms with Crippen molar-refractivity contribution in [2.45, 2.75) is 45.6 Å². The van der Waals surface area contributed by atoms with Gasteiger partial charge in [0.05, 0.1) is 11.9 Å². The predicted molar refractivity (Wildman–Crippen MR) is 103 cm³/mol. The van der Waals surface area contributed by atoms with Gasteiger partial charge in [-0.15, -0.1) is 0 Å². The number of ether oxygens (including phenoxy) is 1. The van der Waals surface area contributed by atoms with Gasteiger partial charge in [-0.05, 0) is 29.5 Å². The second-order valence-corrected chi connectivity index (χ2v) is 8.23. The highest BCUT2D eigenvalue weighted by Gasteiger charge is 2.29. The molecule has 1 atom stereocenters. The van der Waals surface area contributed by atoms with E-state index < -0.39 is 0 Å². The molecule has 4 heteroatoms. The molecule has 1 aliphatic heterocycles. The Hall–Kier alpha value is -2.62. The first-order chi connectivity index (χ1) is 12.3. The molecule has 134 valence electrons. The third-order valence-electron chi connectivity index (χ3n) is 4.97. The summed E-state index contributed by atoms with van der Waals surface area (Å²) in [6.07, 6.45) is 6.56. The van der Waals surface area contributed by atoms with E-state index in [0.29, 0.717) is 0 Å². The summed E-state index contributed by atoms with van der Waals surface area (Å²) in [5, 5.41) is 4.29. The Kier molecular flexibility index (Phi) is 3.87. The van der Waals surface area contributed by atoms with Crippen LogP contribution in [0.2, 0.25) is 0 Å². The zero-order chi connectivity index (χ0) is 18.5. The molecule has 0 aliphatic carbocycles. The van der Waals surface area contributed by atoms with Crippen LogP contribution in [0.1, 0.15) is 49.3 Å². The molecule has 0 saturated heterocycles. The molecule has 0 spiro atoms. The van der Waals surface area contributed by atoms with Crippen molar-refractivity contribution in [3.05, 3.63) is 65.2 Å². The van der Waals surface area contributed by atoms with Crippen molar-refractivity contribution in [3.63, 3.8) is 0 Å². The van der Waals surface area contributed by atoms with Crippen molar-refractivity contribution < 1.29 is 4.74 Å². The van der Waals surface area contributed by atoms with Crippen LogP contribution < -0.4 is 4.74 Å². The summed E-state index contributed by atoms with van der Waals surface area (Å²) in [6, 6.07) is 8.79. The second kappa shape index (κ2) is 5.97. The molecule has 0 fully saturated rings. The fourth-order valence-electron chi connectivity index (χ4n) is 3.53. The molecule has 4 rings (SSSR count). The van der Waals surface area contributed by atoms with Gasteiger partial charge in [0.15, 0.2) is 0 Å². The van der Waals surface area contributed by atoms with E-state index >= 15 is 0 Å². The summed E-state index contributed by atoms with van der Waals surface area (Å²) in [5.41, 5.74) is 7.10. The van der Waals surface area contributed by atoms with Crippen LogP contribution in [0.15, 0.2) is 42.9 Å². The Bertz CT molecular complexity index is 966. The molecule has 0 bridgehead atoms. The summed E-state index contributed by atoms with van der Waals surface area (Å²) in [6.45, 7) is 8.90. The lowest BCUT2D eigenvalue weighted by molar-refractivity contribution is 0.239. The Morgan fingerprint density at radius 3 is 2.69 bits per heavy atom. The molecule has 1 unspecified atom stereocenters. The van der Waals surface area contributed by atoms with Crippen LogP contribution >= 0.6 is 0 Å². The predicted octanol–water partition coefficient (Wildman–Crippen LogP) is 4.76. The van der Waals surface area contributed by atoms with Crippen molar-refractivity contribution in [2.24, 2.45) is 7.05 Å². The highest BCUT2D eigenvalue weighted by Crippen LogP contribution is 2.42. The van der Waals surface area contributed by atoms with Crippen LogP contribution in [0.4, 0.5) is 0 Å². The first-order valence-electron chi connectivity index (χ1n) is 9.07. The average Bonchev–Trinajstić information content (AvgIpc) is 3.19. The summed E-state index contributed by atoms with van der Waals surface area (Å²) in [4.78, 5) is 4.57. The molecule has 1 aliphatic rings. The lowest BCUT2D eigenvalue weighted by atomic mass is 9.84. The largest absolute Gasteiger partial charge is 0.483 e. The van der Waals surface area contributed by atoms with Gasteiger partial charge >= 0.3 is 0 Å². The maximum atomic E-state index is 6.41. The van der Waals surface area contributed by atoms with Gasteiger partial charge in [0, 0.05) is 37.0 Å². The first-order valence-corrected chi connectivity index (χ1v) is 9.07. The molecule has 3 heterocycles. The molecule has 26 heavy (non-hydrogen) atoms. The number of fused-ring (bicyclic) bond motifs is 1. The van der Waals surface area contributed by atoms with Gasteiger partial charge in [-0.2, -0.15) is 5.10 Å². The molecule has 0 N–H and O–H groups in total. The fraction of sp³-hybridized carbons (Fsp3) is 0.364. The smallest absolute Gasteiger partial charge is 0.149 e. The Morgan fingerprint density at radius 1 is 1.19 bits per heavy atom. The lowest BCUT2D eigenvalue weighted by Gasteiger charge is -2.22. The maximum Gasteiger partial charge on any atom is 0.149 e. The van der Waals surface area contributed by atoms with Crippen LogP contribution in [0.3, 0.4) is 0 Å². The summed E-state index contributed by atoms with van der Waals surface area (Å²) >= 11 is 0. The van der Waals surface area contributed by atoms with E-state index in [1.54, 1.807) is 0 Å². The Morgan fingerprint density at radius 2 is 2.00 bits per heavy atom. The van der Waals surface area contributed by atoms with Gasteiger partial charge in [-0.25, -0.2) is 0 Å². The third kappa shape index (κ3) is 3.00. The van der Waals surface area contributed by atoms with Gasteiger partial charge in [0.2, 0.25) is 0 Å². The quantitative estimate of drug-likeness (QED) is 0.671. The fourth-order valence-corrected chi connectivity index (χ4v) is 3.53. The zero-order valence-electron chi connectivity index (χ0n) is 16.1. The van der Waals surface area contributed by atoms with E-state index in [1.165, 1.54) is 16.7 Å². The summed E-state index contributed by atoms with van der Waals surface area (Å²) < 4.78 is 8.22. The Labute approximate surface area is 154 Å². The van der Waals surface area contributed by atoms with E-state index in [9.17, 15) is 0 Å². The minimum Gasteiger partial charge on any atom is -0.483 e. The summed E-state index contributed by atoms with van der Waals surface area (Å²) in [7, 11) is 1.93. The van der Waals surface area contributed by atoms with Crippen molar-refractivity contribution in [2.75, 3.05) is 0 Å². The number of aromatic nitrogens is 3. The highest BCUT2D eigenvalue weighted by molar-refractivity contribution is 5.71. The standard InChI is InChI=1S/C22H25N3O/c1-14-8-15(10-17(9-14)22(2,3)4)20-11-19-21(26-20)18(6-7-23-19)16-12-24-25(5)13-16/h6-10,12-13,20H,11H2,1-5H3. The number of benzene rings is 1. The van der Waals surface area contributed by atoms with E-state index in [4.69, 9.17) is 4.74 Å². The normalized spacial score (nSPS) is 16.4. The van der Waals surface area contributed by atoms with Crippen molar-refractivity contribution in [3.8, 4) is 16.9 Å². The van der Waals surface area contributed by atoms with E-state index in [2.05, 4.69) is 56.0 Å². The minimum absolute atomic E-state index is 0.0105. The van der Waals surface area contributed by atoms with Crippen molar-refractivity contribution in [1.82, 2.24) is 14.8 Å². The molecular formula is C22H25N3O. The van der Waals surface area contributed by atoms with Crippen molar-refractivity contribution in [1.29, 1.82) is 0 Å². The van der Waals surface area contributed by atoms with Gasteiger partial charge in [-0.1, -0.05) is 44.5 Å². The summed E-state index contributed by atoms with van der Waals surface area (Å²) in [5.74, 6) is 0.893. The minimum atomic E-state index is 0.0105. The van der Waals surface area contributed by atoms with Crippen LogP contribution in [-0.2, 0) is 18.9 Å². The number of hydrogen-bond donors (Lipinski definition) is 0. The average molecular weight is 347 g/mol. The van der Waals surface area contributed by atoms with E-state index in [-0.39, 0.29) is 11.5 Å². The van der Waals surface area contributed by atoms with Crippen LogP contribution in [0.5, 0.6) is 5.75 Å². The first kappa shape index (κ1) is 16.8. The molecule has 3 aromatic rings. The highest BCUT2D eigenvalue weighted by atomic mass is 16.5. The molecule has 4 nitrogen and oxygen atoms in total. The monoisotopic (exact) mass is 347 g/mol. The molecule has 2 aromatic heterocycles. The molecule has 0 saturated carbocycles. The number of nitrogens with zero attached hydrogens (tertiary/aromatic N) is 3. The van der Waals surface area contributed by atoms with Gasteiger partial charge in [-0.3, -0.25) is 9.67 Å². The number of rotatable bonds is 2. The van der Waals surface area contributed by atoms with Crippen LogP contribution in [0.25, 0.3) is 11.1 Å². The molecule has 0 amide bonds. The number of hydrogen-bond acceptors (Lipinski definition) is 3. The maximum absolute atomic E-state index is 6.41. The number of pyridine rings is 1. The molecular weight excluding hydrogens is 322 g/mol. The topological polar surface area (TPSA) is 39.9 Å². The molecule has 1 aromatic carbocycles. The molecule has 0 radical (unpaired) electrons. The third-order valence-corrected chi connectivity index (χ3v) is 4.97. The van der Waals surface area contributed by atoms with Gasteiger partial charge < -0.3 is 4.74 Å². The second-order valence-electron chi connectivity index (χ2n) is 8.23. The van der Waals surface area contributed by atoms with Gasteiger partial charge in [0.1, 0.15) is 11.9 Å². The van der Waals surface area contributed by atoms with Crippen LogP contribution in [0, 0.1) is 6.92 Å². The number of aryl methyl sites for hydroxylation is 2. The van der Waals surface area contributed by atoms with Crippen molar-refractivity contribution >= 4 is 0 Å².